The fraction of sp³-hybridized carbons (Fsp3) is 0.533. The summed E-state index contributed by atoms with van der Waals surface area (Å²) in [7, 11) is 1.77. The van der Waals surface area contributed by atoms with Crippen LogP contribution in [0.4, 0.5) is 5.69 Å². The molecule has 1 aromatic rings. The van der Waals surface area contributed by atoms with Crippen LogP contribution in [-0.2, 0) is 11.2 Å². The Hall–Kier alpha value is -1.26. The molecule has 0 aromatic heterocycles. The molecule has 1 amide bonds. The molecule has 0 saturated heterocycles. The maximum atomic E-state index is 12.4. The maximum absolute atomic E-state index is 12.4. The Bertz CT molecular complexity index is 497. The van der Waals surface area contributed by atoms with Crippen LogP contribution >= 0.6 is 12.4 Å². The molecule has 1 heterocycles. The lowest BCUT2D eigenvalue weighted by Crippen LogP contribution is -2.49. The van der Waals surface area contributed by atoms with E-state index in [2.05, 4.69) is 0 Å². The third kappa shape index (κ3) is 3.25. The average molecular weight is 299 g/mol. The largest absolute Gasteiger partial charge is 0.493 e. The molecular weight excluding hydrogens is 276 g/mol. The first-order valence-electron chi connectivity index (χ1n) is 6.59. The number of hydrogen-bond donors (Lipinski definition) is 1. The van der Waals surface area contributed by atoms with Gasteiger partial charge >= 0.3 is 0 Å². The van der Waals surface area contributed by atoms with Crippen molar-refractivity contribution in [1.82, 2.24) is 0 Å². The summed E-state index contributed by atoms with van der Waals surface area (Å²) < 4.78 is 5.47. The number of hydrogen-bond acceptors (Lipinski definition) is 3. The van der Waals surface area contributed by atoms with E-state index in [0.29, 0.717) is 0 Å². The predicted molar refractivity (Wildman–Crippen MR) is 83.7 cm³/mol. The van der Waals surface area contributed by atoms with Crippen LogP contribution in [0.3, 0.4) is 0 Å². The number of ether oxygens (including phenoxy) is 1. The minimum atomic E-state index is -0.512. The number of amides is 1. The van der Waals surface area contributed by atoms with Crippen LogP contribution in [-0.4, -0.2) is 25.6 Å². The minimum absolute atomic E-state index is 0. The molecule has 2 N–H and O–H groups in total. The van der Waals surface area contributed by atoms with Crippen molar-refractivity contribution < 1.29 is 9.53 Å². The van der Waals surface area contributed by atoms with Crippen LogP contribution in [0, 0.1) is 5.41 Å². The van der Waals surface area contributed by atoms with Gasteiger partial charge in [-0.3, -0.25) is 4.79 Å². The fourth-order valence-corrected chi connectivity index (χ4v) is 2.09. The van der Waals surface area contributed by atoms with Crippen molar-refractivity contribution in [3.05, 3.63) is 23.8 Å². The molecule has 1 atom stereocenters. The van der Waals surface area contributed by atoms with Crippen LogP contribution in [0.5, 0.6) is 5.75 Å². The second kappa shape index (κ2) is 6.02. The Kier molecular flexibility index (Phi) is 5.05. The summed E-state index contributed by atoms with van der Waals surface area (Å²) in [6, 6.07) is 5.32. The number of rotatable bonds is 2. The Morgan fingerprint density at radius 3 is 2.65 bits per heavy atom. The number of benzene rings is 1. The SMILES string of the molecule is CN(C(=O)[C@@H](N)C(C)(C)C)c1ccc2c(c1)CCO2.Cl. The van der Waals surface area contributed by atoms with Gasteiger partial charge in [0.15, 0.2) is 0 Å². The van der Waals surface area contributed by atoms with E-state index in [-0.39, 0.29) is 23.7 Å². The van der Waals surface area contributed by atoms with Crippen LogP contribution < -0.4 is 15.4 Å². The van der Waals surface area contributed by atoms with Crippen molar-refractivity contribution in [1.29, 1.82) is 0 Å². The summed E-state index contributed by atoms with van der Waals surface area (Å²) in [5, 5.41) is 0. The van der Waals surface area contributed by atoms with E-state index in [9.17, 15) is 4.79 Å². The second-order valence-electron chi connectivity index (χ2n) is 6.13. The van der Waals surface area contributed by atoms with Gasteiger partial charge in [0.2, 0.25) is 5.91 Å². The molecule has 2 rings (SSSR count). The number of carbonyl (C=O) groups is 1. The van der Waals surface area contributed by atoms with E-state index < -0.39 is 6.04 Å². The summed E-state index contributed by atoms with van der Waals surface area (Å²) in [5.41, 5.74) is 7.81. The molecule has 0 spiro atoms. The van der Waals surface area contributed by atoms with Crippen molar-refractivity contribution in [2.45, 2.75) is 33.2 Å². The van der Waals surface area contributed by atoms with Crippen molar-refractivity contribution in [3.8, 4) is 5.75 Å². The van der Waals surface area contributed by atoms with E-state index in [1.165, 1.54) is 0 Å². The Morgan fingerprint density at radius 2 is 2.05 bits per heavy atom. The highest BCUT2D eigenvalue weighted by molar-refractivity contribution is 5.97. The molecule has 0 aliphatic carbocycles. The molecule has 0 saturated carbocycles. The van der Waals surface area contributed by atoms with E-state index in [1.807, 2.05) is 39.0 Å². The number of likely N-dealkylation sites (N-methyl/N-ethyl adjacent to an activating group) is 1. The highest BCUT2D eigenvalue weighted by Crippen LogP contribution is 2.30. The third-order valence-electron chi connectivity index (χ3n) is 3.59. The van der Waals surface area contributed by atoms with Gasteiger partial charge in [0, 0.05) is 19.2 Å². The average Bonchev–Trinajstić information content (AvgIpc) is 2.82. The molecule has 5 heteroatoms. The molecular formula is C15H23ClN2O2. The topological polar surface area (TPSA) is 55.6 Å². The Labute approximate surface area is 126 Å². The van der Waals surface area contributed by atoms with Crippen LogP contribution in [0.15, 0.2) is 18.2 Å². The van der Waals surface area contributed by atoms with Crippen molar-refractivity contribution in [2.24, 2.45) is 11.1 Å². The number of anilines is 1. The monoisotopic (exact) mass is 298 g/mol. The molecule has 1 aromatic carbocycles. The number of nitrogens with zero attached hydrogens (tertiary/aromatic N) is 1. The summed E-state index contributed by atoms with van der Waals surface area (Å²) >= 11 is 0. The zero-order valence-corrected chi connectivity index (χ0v) is 13.3. The van der Waals surface area contributed by atoms with Crippen molar-refractivity contribution >= 4 is 24.0 Å². The van der Waals surface area contributed by atoms with Crippen LogP contribution in [0.25, 0.3) is 0 Å². The molecule has 0 bridgehead atoms. The quantitative estimate of drug-likeness (QED) is 0.912. The van der Waals surface area contributed by atoms with E-state index in [0.717, 1.165) is 30.0 Å². The van der Waals surface area contributed by atoms with Gasteiger partial charge in [0.1, 0.15) is 5.75 Å². The lowest BCUT2D eigenvalue weighted by atomic mass is 9.86. The van der Waals surface area contributed by atoms with Gasteiger partial charge in [-0.15, -0.1) is 12.4 Å². The van der Waals surface area contributed by atoms with Gasteiger partial charge in [0.25, 0.3) is 0 Å². The lowest BCUT2D eigenvalue weighted by molar-refractivity contribution is -0.121. The van der Waals surface area contributed by atoms with Gasteiger partial charge in [-0.25, -0.2) is 0 Å². The van der Waals surface area contributed by atoms with E-state index in [1.54, 1.807) is 11.9 Å². The molecule has 112 valence electrons. The number of halogens is 1. The van der Waals surface area contributed by atoms with Crippen molar-refractivity contribution in [2.75, 3.05) is 18.6 Å². The molecule has 20 heavy (non-hydrogen) atoms. The number of nitrogens with two attached hydrogens (primary N) is 1. The normalized spacial score (nSPS) is 14.8. The van der Waals surface area contributed by atoms with E-state index in [4.69, 9.17) is 10.5 Å². The number of fused-ring (bicyclic) bond motifs is 1. The molecule has 4 nitrogen and oxygen atoms in total. The first-order chi connectivity index (χ1) is 8.80. The highest BCUT2D eigenvalue weighted by atomic mass is 35.5. The van der Waals surface area contributed by atoms with Crippen molar-refractivity contribution in [3.63, 3.8) is 0 Å². The van der Waals surface area contributed by atoms with Gasteiger partial charge in [0.05, 0.1) is 12.6 Å². The fourth-order valence-electron chi connectivity index (χ4n) is 2.09. The zero-order chi connectivity index (χ0) is 14.2. The first-order valence-corrected chi connectivity index (χ1v) is 6.59. The summed E-state index contributed by atoms with van der Waals surface area (Å²) in [6.45, 7) is 6.64. The second-order valence-corrected chi connectivity index (χ2v) is 6.13. The standard InChI is InChI=1S/C15H22N2O2.ClH/c1-15(2,3)13(16)14(18)17(4)11-5-6-12-10(9-11)7-8-19-12;/h5-6,9,13H,7-8,16H2,1-4H3;1H/t13-;/m1./s1. The predicted octanol–water partition coefficient (Wildman–Crippen LogP) is 2.38. The molecule has 0 radical (unpaired) electrons. The summed E-state index contributed by atoms with van der Waals surface area (Å²) in [6.07, 6.45) is 0.899. The summed E-state index contributed by atoms with van der Waals surface area (Å²) in [4.78, 5) is 14.0. The highest BCUT2D eigenvalue weighted by Gasteiger charge is 2.30. The molecule has 1 aliphatic rings. The Morgan fingerprint density at radius 1 is 1.40 bits per heavy atom. The van der Waals surface area contributed by atoms with Gasteiger partial charge in [-0.2, -0.15) is 0 Å². The number of carbonyl (C=O) groups excluding carboxylic acids is 1. The smallest absolute Gasteiger partial charge is 0.244 e. The van der Waals surface area contributed by atoms with E-state index >= 15 is 0 Å². The zero-order valence-electron chi connectivity index (χ0n) is 12.5. The Balaban J connectivity index is 0.00000200. The maximum Gasteiger partial charge on any atom is 0.244 e. The molecule has 0 unspecified atom stereocenters. The molecule has 0 fully saturated rings. The first kappa shape index (κ1) is 16.8. The molecule has 1 aliphatic heterocycles. The van der Waals surface area contributed by atoms with Gasteiger partial charge < -0.3 is 15.4 Å². The van der Waals surface area contributed by atoms with Gasteiger partial charge in [-0.05, 0) is 29.2 Å². The minimum Gasteiger partial charge on any atom is -0.493 e. The third-order valence-corrected chi connectivity index (χ3v) is 3.59. The summed E-state index contributed by atoms with van der Waals surface area (Å²) in [5.74, 6) is 0.857. The van der Waals surface area contributed by atoms with Crippen LogP contribution in [0.1, 0.15) is 26.3 Å². The van der Waals surface area contributed by atoms with Gasteiger partial charge in [-0.1, -0.05) is 20.8 Å². The lowest BCUT2D eigenvalue weighted by Gasteiger charge is -2.30. The van der Waals surface area contributed by atoms with Crippen LogP contribution in [0.2, 0.25) is 0 Å².